The highest BCUT2D eigenvalue weighted by atomic mass is 16.6. The predicted octanol–water partition coefficient (Wildman–Crippen LogP) is 6.12. The first-order valence-corrected chi connectivity index (χ1v) is 40.3. The van der Waals surface area contributed by atoms with Gasteiger partial charge in [0.1, 0.15) is 81.2 Å². The van der Waals surface area contributed by atoms with Crippen LogP contribution in [0.15, 0.2) is 54.6 Å². The summed E-state index contributed by atoms with van der Waals surface area (Å²) in [6.07, 6.45) is -0.873. The van der Waals surface area contributed by atoms with Gasteiger partial charge in [0.05, 0.1) is 19.6 Å². The summed E-state index contributed by atoms with van der Waals surface area (Å²) in [5.41, 5.74) is -5.16. The number of hydrogen-bond acceptors (Lipinski definition) is 26. The summed E-state index contributed by atoms with van der Waals surface area (Å²) in [6, 6.07) is 6.80. The van der Waals surface area contributed by atoms with E-state index in [0.29, 0.717) is 12.0 Å². The molecule has 8 N–H and O–H groups in total. The standard InChI is InChI=1S/C84H134N10O24/c1-78(2,3)112-68(100)39-34-59(74(107)116-82(13,14)15)90-77(110)89-58(73(106)115-81(10,11)12)29-25-26-40-85-71(103)60(49-55-27-23-22-24-28-55)87-66(97)54-111-57-32-30-56(31-33-57)50-61(72(104)105)88-65(96)51-86-64(95)37-35-62(75(108)117-83(16,17)18)93-45-41-91(52-69(101)113-79(4,5)6)43-47-94(63(36-38-67(98)99)76(109)118-84(19,20)21)48-44-92(42-46-93)53-70(102)114-80(7,8)9/h22-24,27-28,30-33,58-63H,25-26,29,34-54H2,1-21H3,(H,85,103)(H,86,95)(H,87,97)(H,88,96)(H,98,99)(H,104,105)(H2,89,90,110)/t58-,59-,60-,61-,62?,63?/m0/s1. The highest BCUT2D eigenvalue weighted by Crippen LogP contribution is 2.23. The normalized spacial score (nSPS) is 15.6. The molecule has 0 bridgehead atoms. The van der Waals surface area contributed by atoms with Crippen LogP contribution in [0.25, 0.3) is 0 Å². The van der Waals surface area contributed by atoms with Gasteiger partial charge in [0.25, 0.3) is 5.91 Å². The minimum Gasteiger partial charge on any atom is -0.484 e. The number of ether oxygens (including phenoxy) is 8. The van der Waals surface area contributed by atoms with E-state index in [-0.39, 0.29) is 142 Å². The molecule has 1 aliphatic heterocycles. The lowest BCUT2D eigenvalue weighted by Gasteiger charge is -2.38. The van der Waals surface area contributed by atoms with Crippen molar-refractivity contribution in [3.05, 3.63) is 65.7 Å². The molecule has 1 heterocycles. The lowest BCUT2D eigenvalue weighted by molar-refractivity contribution is -0.164. The first-order valence-electron chi connectivity index (χ1n) is 40.3. The summed E-state index contributed by atoms with van der Waals surface area (Å²) in [5, 5.41) is 35.7. The van der Waals surface area contributed by atoms with E-state index in [0.717, 1.165) is 5.56 Å². The average molecular weight is 1670 g/mol. The number of carbonyl (C=O) groups excluding carboxylic acids is 12. The van der Waals surface area contributed by atoms with Crippen LogP contribution in [-0.4, -0.2) is 274 Å². The first-order chi connectivity index (χ1) is 54.4. The number of aliphatic carboxylic acids is 2. The molecule has 1 fully saturated rings. The van der Waals surface area contributed by atoms with E-state index in [9.17, 15) is 77.3 Å². The van der Waals surface area contributed by atoms with Crippen LogP contribution in [-0.2, 0) is 108 Å². The zero-order valence-electron chi connectivity index (χ0n) is 73.3. The van der Waals surface area contributed by atoms with Gasteiger partial charge < -0.3 is 80.0 Å². The number of unbranched alkanes of at least 4 members (excludes halogenated alkanes) is 1. The molecule has 2 aromatic carbocycles. The second-order valence-corrected chi connectivity index (χ2v) is 36.3. The van der Waals surface area contributed by atoms with Gasteiger partial charge in [-0.2, -0.15) is 0 Å². The van der Waals surface area contributed by atoms with E-state index in [1.54, 1.807) is 195 Å². The Kier molecular flexibility index (Phi) is 41.1. The lowest BCUT2D eigenvalue weighted by Crippen LogP contribution is -2.54. The fourth-order valence-corrected chi connectivity index (χ4v) is 11.9. The molecule has 6 atom stereocenters. The molecule has 0 spiro atoms. The zero-order chi connectivity index (χ0) is 89.3. The van der Waals surface area contributed by atoms with E-state index in [4.69, 9.17) is 37.9 Å². The number of amides is 6. The largest absolute Gasteiger partial charge is 0.484 e. The Bertz CT molecular complexity index is 3590. The highest BCUT2D eigenvalue weighted by molar-refractivity contribution is 5.90. The van der Waals surface area contributed by atoms with E-state index in [1.165, 1.54) is 24.3 Å². The number of carboxylic acids is 2. The van der Waals surface area contributed by atoms with Crippen molar-refractivity contribution >= 4 is 83.4 Å². The van der Waals surface area contributed by atoms with E-state index in [2.05, 4.69) is 31.9 Å². The van der Waals surface area contributed by atoms with Crippen LogP contribution in [0.4, 0.5) is 4.79 Å². The maximum atomic E-state index is 14.5. The number of carboxylic acid groups (broad SMARTS) is 2. The van der Waals surface area contributed by atoms with Gasteiger partial charge in [0.15, 0.2) is 6.61 Å². The molecule has 0 aliphatic carbocycles. The van der Waals surface area contributed by atoms with E-state index >= 15 is 0 Å². The van der Waals surface area contributed by atoms with Gasteiger partial charge in [-0.05, 0) is 207 Å². The lowest BCUT2D eigenvalue weighted by atomic mass is 10.0. The molecule has 664 valence electrons. The third kappa shape index (κ3) is 46.0. The SMILES string of the molecule is CC(C)(C)OC(=O)CC[C@H](NC(=O)N[C@@H](CCCCNC(=O)[C@H](Cc1ccccc1)NC(=O)COc1ccc(C[C@H](NC(=O)CNC(=O)CCC(C(=O)OC(C)(C)C)N2CCN(CC(=O)OC(C)(C)C)CCN(C(CCC(=O)O)C(=O)OC(C)(C)C)CCN(CC(=O)OC(C)(C)C)CC2)C(=O)O)cc1)C(=O)OC(C)(C)C)C(=O)OC(C)(C)C. The molecule has 0 aromatic heterocycles. The maximum Gasteiger partial charge on any atom is 0.329 e. The molecule has 2 unspecified atom stereocenters. The Morgan fingerprint density at radius 1 is 0.381 bits per heavy atom. The van der Waals surface area contributed by atoms with Crippen molar-refractivity contribution in [2.75, 3.05) is 85.1 Å². The number of nitrogens with zero attached hydrogens (tertiary/aromatic N) is 4. The number of rotatable bonds is 39. The predicted molar refractivity (Wildman–Crippen MR) is 436 cm³/mol. The molecule has 1 aliphatic rings. The number of urea groups is 1. The number of benzene rings is 2. The quantitative estimate of drug-likeness (QED) is 0.0212. The number of carbonyl (C=O) groups is 14. The van der Waals surface area contributed by atoms with Crippen LogP contribution in [0, 0.1) is 0 Å². The van der Waals surface area contributed by atoms with Crippen LogP contribution in [0.1, 0.15) is 214 Å². The molecule has 34 nitrogen and oxygen atoms in total. The Morgan fingerprint density at radius 3 is 1.21 bits per heavy atom. The van der Waals surface area contributed by atoms with Gasteiger partial charge in [-0.1, -0.05) is 42.5 Å². The molecule has 2 aromatic rings. The molecule has 0 radical (unpaired) electrons. The minimum absolute atomic E-state index is 0.0449. The number of nitrogens with one attached hydrogen (secondary N) is 6. The highest BCUT2D eigenvalue weighted by Gasteiger charge is 2.38. The molecule has 1 saturated heterocycles. The Labute approximate surface area is 695 Å². The fourth-order valence-electron chi connectivity index (χ4n) is 11.9. The maximum absolute atomic E-state index is 14.5. The monoisotopic (exact) mass is 1670 g/mol. The third-order valence-corrected chi connectivity index (χ3v) is 16.9. The van der Waals surface area contributed by atoms with Crippen molar-refractivity contribution in [2.45, 2.75) is 291 Å². The van der Waals surface area contributed by atoms with Crippen molar-refractivity contribution in [3.63, 3.8) is 0 Å². The van der Waals surface area contributed by atoms with Crippen LogP contribution < -0.4 is 36.6 Å². The van der Waals surface area contributed by atoms with Crippen LogP contribution in [0.5, 0.6) is 5.75 Å². The molecular formula is C84H134N10O24. The van der Waals surface area contributed by atoms with E-state index < -0.39 is 172 Å². The first kappa shape index (κ1) is 103. The summed E-state index contributed by atoms with van der Waals surface area (Å²) < 4.78 is 45.6. The second kappa shape index (κ2) is 47.3. The topological polar surface area (TPSA) is 438 Å². The van der Waals surface area contributed by atoms with Crippen molar-refractivity contribution in [1.29, 1.82) is 0 Å². The summed E-state index contributed by atoms with van der Waals surface area (Å²) in [5.74, 6) is -9.68. The second-order valence-electron chi connectivity index (χ2n) is 36.3. The van der Waals surface area contributed by atoms with Crippen molar-refractivity contribution in [2.24, 2.45) is 0 Å². The summed E-state index contributed by atoms with van der Waals surface area (Å²) in [6.45, 7) is 34.7. The molecular weight excluding hydrogens is 1530 g/mol. The molecule has 3 rings (SSSR count). The molecule has 0 saturated carbocycles. The summed E-state index contributed by atoms with van der Waals surface area (Å²) in [4.78, 5) is 195. The van der Waals surface area contributed by atoms with Crippen molar-refractivity contribution < 1.29 is 115 Å². The third-order valence-electron chi connectivity index (χ3n) is 16.9. The Morgan fingerprint density at radius 2 is 0.780 bits per heavy atom. The summed E-state index contributed by atoms with van der Waals surface area (Å²) >= 11 is 0. The zero-order valence-corrected chi connectivity index (χ0v) is 73.3. The van der Waals surface area contributed by atoms with Crippen LogP contribution in [0.3, 0.4) is 0 Å². The minimum atomic E-state index is -1.49. The Balaban J connectivity index is 1.75. The van der Waals surface area contributed by atoms with Gasteiger partial charge >= 0.3 is 59.8 Å². The molecule has 6 amide bonds. The van der Waals surface area contributed by atoms with Gasteiger partial charge in [-0.3, -0.25) is 67.5 Å². The van der Waals surface area contributed by atoms with Gasteiger partial charge in [-0.25, -0.2) is 19.2 Å². The number of hydrogen-bond donors (Lipinski definition) is 8. The van der Waals surface area contributed by atoms with Gasteiger partial charge in [0.2, 0.25) is 17.7 Å². The van der Waals surface area contributed by atoms with Gasteiger partial charge in [-0.15, -0.1) is 0 Å². The fraction of sp³-hybridized carbons (Fsp3) is 0.690. The summed E-state index contributed by atoms with van der Waals surface area (Å²) in [7, 11) is 0. The molecule has 118 heavy (non-hydrogen) atoms. The van der Waals surface area contributed by atoms with Crippen molar-refractivity contribution in [3.8, 4) is 5.75 Å². The van der Waals surface area contributed by atoms with Crippen LogP contribution in [0.2, 0.25) is 0 Å². The van der Waals surface area contributed by atoms with E-state index in [1.807, 2.05) is 0 Å². The number of esters is 7. The Hall–Kier alpha value is -9.54. The van der Waals surface area contributed by atoms with Gasteiger partial charge in [0, 0.05) is 91.0 Å². The van der Waals surface area contributed by atoms with Crippen molar-refractivity contribution in [1.82, 2.24) is 51.5 Å². The average Bonchev–Trinajstić information content (AvgIpc) is 0.819. The van der Waals surface area contributed by atoms with Crippen LogP contribution >= 0.6 is 0 Å². The smallest absolute Gasteiger partial charge is 0.329 e. The molecule has 34 heteroatoms.